The summed E-state index contributed by atoms with van der Waals surface area (Å²) in [5.74, 6) is -4.22. The molecule has 18 atom stereocenters. The number of nitrogens with zero attached hydrogens (tertiary/aromatic N) is 2. The van der Waals surface area contributed by atoms with Crippen LogP contribution < -0.4 is 0 Å². The molecule has 3 rings (SSSR count). The second-order valence-electron chi connectivity index (χ2n) is 18.1. The predicted molar refractivity (Wildman–Crippen MR) is 218 cm³/mol. The molecule has 3 fully saturated rings. The number of esters is 1. The minimum Gasteiger partial charge on any atom is -0.459 e. The second kappa shape index (κ2) is 22.8. The van der Waals surface area contributed by atoms with E-state index in [1.54, 1.807) is 62.5 Å². The molecule has 0 spiro atoms. The smallest absolute Gasteiger partial charge is 0.311 e. The van der Waals surface area contributed by atoms with Gasteiger partial charge in [-0.2, -0.15) is 0 Å². The van der Waals surface area contributed by atoms with Crippen LogP contribution in [0.25, 0.3) is 0 Å². The van der Waals surface area contributed by atoms with Crippen LogP contribution in [0.3, 0.4) is 0 Å². The topological polar surface area (TPSA) is 226 Å². The molecule has 3 aliphatic rings. The van der Waals surface area contributed by atoms with Crippen molar-refractivity contribution in [3.63, 3.8) is 0 Å². The summed E-state index contributed by atoms with van der Waals surface area (Å²) in [5, 5.41) is 63.7. The summed E-state index contributed by atoms with van der Waals surface area (Å²) in [4.78, 5) is 21.8. The molecular weight excluding hydrogens is 788 g/mol. The molecule has 0 bridgehead atoms. The fourth-order valence-corrected chi connectivity index (χ4v) is 9.03. The van der Waals surface area contributed by atoms with E-state index in [0.29, 0.717) is 19.6 Å². The van der Waals surface area contributed by atoms with Gasteiger partial charge in [0.05, 0.1) is 66.6 Å². The standard InChI is InChI=1S/C42H78N2O16/c1-15-30-42(10,50)35(46)25(4)32(43-55-22-54-21-53-17-16-51-13)23(2)19-40(8,49)37(60-39-33(45)29(44(11)12)18-24(3)56-39)26(5)34(27(6)38(48)58-30)59-31-20-41(9,52-14)36(47)28(7)57-31/h23-31,33-37,39,45-47,49-50H,15-22H2,1-14H3/b43-32-/t23-,24-,25+,26+,27-,28+,29+,30-,31-,33+,34+,35-,36-,37-,39+,40-,41+,42-/m1/s1. The minimum atomic E-state index is -1.98. The lowest BCUT2D eigenvalue weighted by molar-refractivity contribution is -0.317. The fourth-order valence-electron chi connectivity index (χ4n) is 9.03. The molecule has 18 heteroatoms. The first-order valence-electron chi connectivity index (χ1n) is 21.3. The molecular formula is C42H78N2O16. The highest BCUT2D eigenvalue weighted by molar-refractivity contribution is 5.88. The number of rotatable bonds is 15. The zero-order valence-electron chi connectivity index (χ0n) is 38.4. The highest BCUT2D eigenvalue weighted by Crippen LogP contribution is 2.41. The Morgan fingerprint density at radius 2 is 1.53 bits per heavy atom. The molecule has 3 heterocycles. The van der Waals surface area contributed by atoms with Gasteiger partial charge in [0.2, 0.25) is 6.79 Å². The van der Waals surface area contributed by atoms with E-state index in [4.69, 9.17) is 47.5 Å². The van der Waals surface area contributed by atoms with Crippen LogP contribution in [0, 0.1) is 23.7 Å². The maximum absolute atomic E-state index is 14.4. The maximum atomic E-state index is 14.4. The molecule has 0 unspecified atom stereocenters. The van der Waals surface area contributed by atoms with Crippen LogP contribution in [0.5, 0.6) is 0 Å². The van der Waals surface area contributed by atoms with Crippen molar-refractivity contribution in [2.75, 3.05) is 55.1 Å². The van der Waals surface area contributed by atoms with E-state index in [1.807, 2.05) is 25.9 Å². The molecule has 0 aromatic rings. The number of methoxy groups -OCH3 is 2. The van der Waals surface area contributed by atoms with E-state index in [-0.39, 0.29) is 50.7 Å². The van der Waals surface area contributed by atoms with Gasteiger partial charge in [0, 0.05) is 44.4 Å². The number of likely N-dealkylation sites (N-methyl/N-ethyl adjacent to an activating group) is 1. The highest BCUT2D eigenvalue weighted by atomic mass is 16.8. The summed E-state index contributed by atoms with van der Waals surface area (Å²) in [6.45, 7) is 17.2. The Balaban J connectivity index is 2.18. The summed E-state index contributed by atoms with van der Waals surface area (Å²) in [5.41, 5.74) is -4.56. The molecule has 18 nitrogen and oxygen atoms in total. The van der Waals surface area contributed by atoms with Crippen LogP contribution in [0.4, 0.5) is 0 Å². The van der Waals surface area contributed by atoms with Crippen LogP contribution in [-0.2, 0) is 52.3 Å². The van der Waals surface area contributed by atoms with Gasteiger partial charge in [0.15, 0.2) is 19.4 Å². The van der Waals surface area contributed by atoms with Crippen LogP contribution in [0.1, 0.15) is 94.9 Å². The average molecular weight is 867 g/mol. The largest absolute Gasteiger partial charge is 0.459 e. The van der Waals surface area contributed by atoms with Gasteiger partial charge in [-0.1, -0.05) is 32.9 Å². The van der Waals surface area contributed by atoms with Crippen LogP contribution >= 0.6 is 0 Å². The average Bonchev–Trinajstić information content (AvgIpc) is 3.18. The van der Waals surface area contributed by atoms with Crippen LogP contribution in [0.15, 0.2) is 5.16 Å². The fraction of sp³-hybridized carbons (Fsp3) is 0.952. The first-order valence-corrected chi connectivity index (χ1v) is 21.3. The number of hydrogen-bond donors (Lipinski definition) is 5. The lowest BCUT2D eigenvalue weighted by atomic mass is 9.73. The van der Waals surface area contributed by atoms with Gasteiger partial charge in [0.25, 0.3) is 0 Å². The summed E-state index contributed by atoms with van der Waals surface area (Å²) in [6.07, 6.45) is -9.64. The zero-order chi connectivity index (χ0) is 45.3. The van der Waals surface area contributed by atoms with E-state index in [1.165, 1.54) is 14.0 Å². The van der Waals surface area contributed by atoms with Gasteiger partial charge in [0.1, 0.15) is 23.9 Å². The molecule has 0 aromatic carbocycles. The van der Waals surface area contributed by atoms with Crippen molar-refractivity contribution in [3.05, 3.63) is 0 Å². The lowest BCUT2D eigenvalue weighted by Crippen LogP contribution is -2.61. The third kappa shape index (κ3) is 13.0. The van der Waals surface area contributed by atoms with E-state index < -0.39 is 102 Å². The molecule has 0 aromatic heterocycles. The van der Waals surface area contributed by atoms with Gasteiger partial charge in [-0.15, -0.1) is 0 Å². The zero-order valence-corrected chi connectivity index (χ0v) is 38.4. The van der Waals surface area contributed by atoms with Gasteiger partial charge in [-0.25, -0.2) is 0 Å². The van der Waals surface area contributed by atoms with Crippen molar-refractivity contribution < 1.29 is 77.8 Å². The molecule has 0 amide bonds. The summed E-state index contributed by atoms with van der Waals surface area (Å²) >= 11 is 0. The number of carbonyl (C=O) groups excluding carboxylic acids is 1. The third-order valence-corrected chi connectivity index (χ3v) is 12.8. The van der Waals surface area contributed by atoms with Gasteiger partial charge < -0.3 is 77.9 Å². The number of aliphatic hydroxyl groups excluding tert-OH is 3. The molecule has 60 heavy (non-hydrogen) atoms. The van der Waals surface area contributed by atoms with Gasteiger partial charge in [-0.05, 0) is 74.9 Å². The van der Waals surface area contributed by atoms with E-state index >= 15 is 0 Å². The van der Waals surface area contributed by atoms with E-state index in [9.17, 15) is 30.3 Å². The Bertz CT molecular complexity index is 1340. The first kappa shape index (κ1) is 52.7. The third-order valence-electron chi connectivity index (χ3n) is 12.8. The second-order valence-corrected chi connectivity index (χ2v) is 18.1. The van der Waals surface area contributed by atoms with E-state index in [0.717, 1.165) is 0 Å². The minimum absolute atomic E-state index is 0.0481. The van der Waals surface area contributed by atoms with Crippen molar-refractivity contribution >= 4 is 11.7 Å². The van der Waals surface area contributed by atoms with Crippen molar-refractivity contribution in [1.82, 2.24) is 4.90 Å². The number of oxime groups is 1. The number of hydrogen-bond acceptors (Lipinski definition) is 18. The van der Waals surface area contributed by atoms with Crippen LogP contribution in [-0.4, -0.2) is 181 Å². The summed E-state index contributed by atoms with van der Waals surface area (Å²) in [7, 11) is 6.76. The van der Waals surface area contributed by atoms with Crippen molar-refractivity contribution in [2.45, 2.75) is 179 Å². The normalized spacial score (nSPS) is 44.7. The number of aliphatic hydroxyl groups is 5. The van der Waals surface area contributed by atoms with Crippen molar-refractivity contribution in [1.29, 1.82) is 0 Å². The molecule has 3 saturated heterocycles. The molecule has 352 valence electrons. The molecule has 0 radical (unpaired) electrons. The Morgan fingerprint density at radius 3 is 2.13 bits per heavy atom. The lowest BCUT2D eigenvalue weighted by Gasteiger charge is -2.49. The number of carbonyl (C=O) groups is 1. The number of cyclic esters (lactones) is 1. The van der Waals surface area contributed by atoms with Gasteiger partial charge in [-0.3, -0.25) is 4.79 Å². The molecule has 5 N–H and O–H groups in total. The summed E-state index contributed by atoms with van der Waals surface area (Å²) < 4.78 is 53.4. The number of ether oxygens (including phenoxy) is 9. The van der Waals surface area contributed by atoms with Crippen molar-refractivity contribution in [2.24, 2.45) is 28.8 Å². The Labute approximate surface area is 357 Å². The Morgan fingerprint density at radius 1 is 0.867 bits per heavy atom. The summed E-state index contributed by atoms with van der Waals surface area (Å²) in [6, 6.07) is -0.336. The SMILES string of the molecule is CC[C@H]1OC(=O)[C@H](C)[C@@H](O[C@@H]2C[C@](C)(OC)[C@H](O)[C@H](C)O2)[C@H](C)[C@@H](O[C@@H]2O[C@H](C)C[C@H](N(C)C)[C@@H]2O)[C@](C)(O)C[C@@H](C)/C(=N/OCOCOCCOC)[C@H](C)[C@@H](O)[C@]1(C)O. The van der Waals surface area contributed by atoms with Crippen molar-refractivity contribution in [3.8, 4) is 0 Å². The first-order chi connectivity index (χ1) is 28.0. The molecule has 3 aliphatic heterocycles. The Kier molecular flexibility index (Phi) is 20.1. The van der Waals surface area contributed by atoms with E-state index in [2.05, 4.69) is 5.16 Å². The Hall–Kier alpha value is -1.62. The van der Waals surface area contributed by atoms with Gasteiger partial charge >= 0.3 is 5.97 Å². The maximum Gasteiger partial charge on any atom is 0.311 e. The molecule has 0 aliphatic carbocycles. The van der Waals surface area contributed by atoms with Crippen LogP contribution in [0.2, 0.25) is 0 Å². The predicted octanol–water partition coefficient (Wildman–Crippen LogP) is 2.18. The molecule has 0 saturated carbocycles. The quantitative estimate of drug-likeness (QED) is 0.0688. The monoisotopic (exact) mass is 867 g/mol. The highest BCUT2D eigenvalue weighted by Gasteiger charge is 2.53.